The van der Waals surface area contributed by atoms with E-state index in [2.05, 4.69) is 29.4 Å². The van der Waals surface area contributed by atoms with Gasteiger partial charge in [-0.3, -0.25) is 4.90 Å². The third-order valence-corrected chi connectivity index (χ3v) is 4.47. The third-order valence-electron chi connectivity index (χ3n) is 4.47. The van der Waals surface area contributed by atoms with Crippen molar-refractivity contribution in [1.82, 2.24) is 15.5 Å². The van der Waals surface area contributed by atoms with Crippen LogP contribution in [0.2, 0.25) is 0 Å². The maximum atomic E-state index is 11.9. The average molecular weight is 299 g/mol. The van der Waals surface area contributed by atoms with Crippen molar-refractivity contribution in [3.63, 3.8) is 0 Å². The fraction of sp³-hybridized carbons (Fsp3) is 0.938. The summed E-state index contributed by atoms with van der Waals surface area (Å²) in [5.74, 6) is 0. The number of carbonyl (C=O) groups is 1. The quantitative estimate of drug-likeness (QED) is 0.643. The van der Waals surface area contributed by atoms with Crippen LogP contribution in [0.25, 0.3) is 0 Å². The second kappa shape index (κ2) is 9.26. The predicted octanol–water partition coefficient (Wildman–Crippen LogP) is 2.10. The van der Waals surface area contributed by atoms with E-state index in [9.17, 15) is 9.90 Å². The van der Waals surface area contributed by atoms with Crippen molar-refractivity contribution >= 4 is 6.03 Å². The van der Waals surface area contributed by atoms with Crippen LogP contribution in [-0.4, -0.2) is 53.9 Å². The zero-order chi connectivity index (χ0) is 15.7. The number of piperidine rings is 1. The van der Waals surface area contributed by atoms with Crippen LogP contribution in [0.4, 0.5) is 4.79 Å². The fourth-order valence-electron chi connectivity index (χ4n) is 3.18. The molecule has 5 nitrogen and oxygen atoms in total. The molecule has 21 heavy (non-hydrogen) atoms. The molecule has 0 aromatic heterocycles. The molecular formula is C16H33N3O2. The van der Waals surface area contributed by atoms with E-state index in [4.69, 9.17) is 0 Å². The zero-order valence-corrected chi connectivity index (χ0v) is 14.0. The highest BCUT2D eigenvalue weighted by Gasteiger charge is 2.24. The molecular weight excluding hydrogens is 266 g/mol. The smallest absolute Gasteiger partial charge is 0.315 e. The number of nitrogens with one attached hydrogen (secondary N) is 2. The lowest BCUT2D eigenvalue weighted by molar-refractivity contribution is 0.142. The number of amides is 2. The van der Waals surface area contributed by atoms with Crippen molar-refractivity contribution in [2.75, 3.05) is 26.2 Å². The van der Waals surface area contributed by atoms with Crippen molar-refractivity contribution in [1.29, 1.82) is 0 Å². The fourth-order valence-corrected chi connectivity index (χ4v) is 3.18. The van der Waals surface area contributed by atoms with Crippen molar-refractivity contribution in [2.45, 2.75) is 70.9 Å². The van der Waals surface area contributed by atoms with Crippen LogP contribution >= 0.6 is 0 Å². The minimum absolute atomic E-state index is 0.0295. The topological polar surface area (TPSA) is 64.6 Å². The van der Waals surface area contributed by atoms with Gasteiger partial charge in [0.25, 0.3) is 0 Å². The second-order valence-corrected chi connectivity index (χ2v) is 6.44. The normalized spacial score (nSPS) is 22.6. The number of urea groups is 1. The lowest BCUT2D eigenvalue weighted by Gasteiger charge is -2.35. The molecule has 0 bridgehead atoms. The van der Waals surface area contributed by atoms with Crippen LogP contribution in [0.3, 0.4) is 0 Å². The highest BCUT2D eigenvalue weighted by molar-refractivity contribution is 5.74. The molecule has 124 valence electrons. The summed E-state index contributed by atoms with van der Waals surface area (Å²) < 4.78 is 0. The Balaban J connectivity index is 2.29. The monoisotopic (exact) mass is 299 g/mol. The van der Waals surface area contributed by atoms with Gasteiger partial charge in [0, 0.05) is 19.1 Å². The summed E-state index contributed by atoms with van der Waals surface area (Å²) in [6.45, 7) is 8.86. The summed E-state index contributed by atoms with van der Waals surface area (Å²) in [5.41, 5.74) is -0.518. The molecule has 1 heterocycles. The Hall–Kier alpha value is -0.810. The molecule has 3 N–H and O–H groups in total. The van der Waals surface area contributed by atoms with Crippen molar-refractivity contribution in [2.24, 2.45) is 0 Å². The van der Waals surface area contributed by atoms with Crippen LogP contribution < -0.4 is 10.6 Å². The standard InChI is InChI=1S/C16H33N3O2/c1-4-9-16(3,13-20)18-15(21)17-10-12-19-11-7-6-8-14(19)5-2/h14,20H,4-13H2,1-3H3,(H2,17,18,21). The Kier molecular flexibility index (Phi) is 8.04. The Bertz CT molecular complexity index is 312. The Labute approximate surface area is 129 Å². The minimum atomic E-state index is -0.518. The summed E-state index contributed by atoms with van der Waals surface area (Å²) in [5, 5.41) is 15.2. The number of carbonyl (C=O) groups excluding carboxylic acids is 1. The van der Waals surface area contributed by atoms with Gasteiger partial charge < -0.3 is 15.7 Å². The molecule has 1 rings (SSSR count). The van der Waals surface area contributed by atoms with Crippen molar-refractivity contribution in [3.05, 3.63) is 0 Å². The van der Waals surface area contributed by atoms with Gasteiger partial charge in [0.15, 0.2) is 0 Å². The van der Waals surface area contributed by atoms with Crippen LogP contribution in [-0.2, 0) is 0 Å². The Morgan fingerprint density at radius 3 is 2.76 bits per heavy atom. The summed E-state index contributed by atoms with van der Waals surface area (Å²) in [6, 6.07) is 0.497. The van der Waals surface area contributed by atoms with Crippen molar-refractivity contribution < 1.29 is 9.90 Å². The van der Waals surface area contributed by atoms with Crippen LogP contribution in [0.5, 0.6) is 0 Å². The van der Waals surface area contributed by atoms with Crippen molar-refractivity contribution in [3.8, 4) is 0 Å². The lowest BCUT2D eigenvalue weighted by atomic mass is 9.98. The molecule has 0 aliphatic carbocycles. The molecule has 2 atom stereocenters. The first-order chi connectivity index (χ1) is 10.0. The summed E-state index contributed by atoms with van der Waals surface area (Å²) in [7, 11) is 0. The first-order valence-corrected chi connectivity index (χ1v) is 8.45. The van der Waals surface area contributed by atoms with Gasteiger partial charge in [-0.25, -0.2) is 4.79 Å². The lowest BCUT2D eigenvalue weighted by Crippen LogP contribution is -2.53. The van der Waals surface area contributed by atoms with E-state index in [-0.39, 0.29) is 12.6 Å². The average Bonchev–Trinajstić information content (AvgIpc) is 2.48. The number of hydrogen-bond donors (Lipinski definition) is 3. The van der Waals surface area contributed by atoms with Gasteiger partial charge in [0.05, 0.1) is 12.1 Å². The number of nitrogens with zero attached hydrogens (tertiary/aromatic N) is 1. The summed E-state index contributed by atoms with van der Waals surface area (Å²) >= 11 is 0. The van der Waals surface area contributed by atoms with Gasteiger partial charge >= 0.3 is 6.03 Å². The first-order valence-electron chi connectivity index (χ1n) is 8.45. The van der Waals surface area contributed by atoms with E-state index in [1.165, 1.54) is 25.7 Å². The van der Waals surface area contributed by atoms with Gasteiger partial charge in [-0.2, -0.15) is 0 Å². The van der Waals surface area contributed by atoms with E-state index in [0.717, 1.165) is 25.9 Å². The van der Waals surface area contributed by atoms with Crippen LogP contribution in [0.15, 0.2) is 0 Å². The summed E-state index contributed by atoms with van der Waals surface area (Å²) in [6.07, 6.45) is 6.77. The minimum Gasteiger partial charge on any atom is -0.394 e. The third kappa shape index (κ3) is 6.22. The highest BCUT2D eigenvalue weighted by Crippen LogP contribution is 2.18. The zero-order valence-electron chi connectivity index (χ0n) is 14.0. The first kappa shape index (κ1) is 18.2. The molecule has 0 aromatic carbocycles. The molecule has 1 saturated heterocycles. The highest BCUT2D eigenvalue weighted by atomic mass is 16.3. The molecule has 2 unspecified atom stereocenters. The molecule has 1 fully saturated rings. The molecule has 0 radical (unpaired) electrons. The maximum absolute atomic E-state index is 11.9. The molecule has 1 aliphatic heterocycles. The molecule has 0 saturated carbocycles. The molecule has 5 heteroatoms. The largest absolute Gasteiger partial charge is 0.394 e. The van der Waals surface area contributed by atoms with E-state index in [0.29, 0.717) is 12.6 Å². The number of aliphatic hydroxyl groups is 1. The molecule has 0 aromatic rings. The van der Waals surface area contributed by atoms with Crippen LogP contribution in [0, 0.1) is 0 Å². The van der Waals surface area contributed by atoms with E-state index >= 15 is 0 Å². The molecule has 2 amide bonds. The number of hydrogen-bond acceptors (Lipinski definition) is 3. The van der Waals surface area contributed by atoms with E-state index in [1.807, 2.05) is 6.92 Å². The summed E-state index contributed by atoms with van der Waals surface area (Å²) in [4.78, 5) is 14.4. The predicted molar refractivity (Wildman–Crippen MR) is 86.4 cm³/mol. The Morgan fingerprint density at radius 1 is 1.38 bits per heavy atom. The van der Waals surface area contributed by atoms with Gasteiger partial charge in [-0.1, -0.05) is 26.7 Å². The van der Waals surface area contributed by atoms with Crippen LogP contribution in [0.1, 0.15) is 59.3 Å². The number of likely N-dealkylation sites (tertiary alicyclic amines) is 1. The van der Waals surface area contributed by atoms with E-state index in [1.54, 1.807) is 0 Å². The van der Waals surface area contributed by atoms with E-state index < -0.39 is 5.54 Å². The maximum Gasteiger partial charge on any atom is 0.315 e. The van der Waals surface area contributed by atoms with Gasteiger partial charge in [-0.15, -0.1) is 0 Å². The molecule has 0 spiro atoms. The number of aliphatic hydroxyl groups excluding tert-OH is 1. The van der Waals surface area contributed by atoms with Gasteiger partial charge in [0.2, 0.25) is 0 Å². The van der Waals surface area contributed by atoms with Gasteiger partial charge in [-0.05, 0) is 39.2 Å². The number of rotatable bonds is 8. The molecule has 1 aliphatic rings. The SMILES string of the molecule is CCCC(C)(CO)NC(=O)NCCN1CCCCC1CC. The van der Waals surface area contributed by atoms with Gasteiger partial charge in [0.1, 0.15) is 0 Å². The Morgan fingerprint density at radius 2 is 2.14 bits per heavy atom. The second-order valence-electron chi connectivity index (χ2n) is 6.44.